The summed E-state index contributed by atoms with van der Waals surface area (Å²) in [6.07, 6.45) is 2.04. The van der Waals surface area contributed by atoms with E-state index in [-0.39, 0.29) is 23.1 Å². The molecule has 1 heterocycles. The standard InChI is InChI=1S/C19H24FNO3/c1-6-12(2)11-21-17-13(8-7-9-15(17)20)14(18(21)23)10-16(22)24-19(3,4)5/h7-10,12H,6,11H2,1-5H3/t12-/m0/s1. The van der Waals surface area contributed by atoms with Crippen LogP contribution >= 0.6 is 0 Å². The van der Waals surface area contributed by atoms with E-state index in [0.717, 1.165) is 6.42 Å². The van der Waals surface area contributed by atoms with E-state index in [1.807, 2.05) is 13.8 Å². The number of fused-ring (bicyclic) bond motifs is 1. The highest BCUT2D eigenvalue weighted by Gasteiger charge is 2.36. The Morgan fingerprint density at radius 2 is 2.04 bits per heavy atom. The fourth-order valence-electron chi connectivity index (χ4n) is 2.57. The number of anilines is 1. The highest BCUT2D eigenvalue weighted by atomic mass is 19.1. The maximum absolute atomic E-state index is 14.3. The van der Waals surface area contributed by atoms with Gasteiger partial charge in [-0.25, -0.2) is 9.18 Å². The summed E-state index contributed by atoms with van der Waals surface area (Å²) in [6.45, 7) is 9.69. The number of halogens is 1. The molecule has 0 aromatic heterocycles. The number of para-hydroxylation sites is 1. The smallest absolute Gasteiger partial charge is 0.332 e. The lowest BCUT2D eigenvalue weighted by atomic mass is 10.1. The summed E-state index contributed by atoms with van der Waals surface area (Å²) in [7, 11) is 0. The Kier molecular flexibility index (Phi) is 5.11. The highest BCUT2D eigenvalue weighted by molar-refractivity contribution is 6.34. The summed E-state index contributed by atoms with van der Waals surface area (Å²) in [5.41, 5.74) is 0.214. The molecular formula is C19H24FNO3. The van der Waals surface area contributed by atoms with Crippen molar-refractivity contribution < 1.29 is 18.7 Å². The number of ether oxygens (including phenoxy) is 1. The van der Waals surface area contributed by atoms with Gasteiger partial charge in [-0.15, -0.1) is 0 Å². The van der Waals surface area contributed by atoms with E-state index in [1.54, 1.807) is 26.8 Å². The van der Waals surface area contributed by atoms with Crippen LogP contribution in [0.3, 0.4) is 0 Å². The summed E-state index contributed by atoms with van der Waals surface area (Å²) in [5.74, 6) is -1.20. The minimum absolute atomic E-state index is 0.182. The molecule has 0 fully saturated rings. The minimum Gasteiger partial charge on any atom is -0.457 e. The molecule has 5 heteroatoms. The Morgan fingerprint density at radius 3 is 2.62 bits per heavy atom. The molecular weight excluding hydrogens is 309 g/mol. The Balaban J connectivity index is 2.43. The Bertz CT molecular complexity index is 688. The lowest BCUT2D eigenvalue weighted by Crippen LogP contribution is -2.31. The van der Waals surface area contributed by atoms with Gasteiger partial charge in [0, 0.05) is 18.2 Å². The maximum atomic E-state index is 14.3. The van der Waals surface area contributed by atoms with E-state index in [4.69, 9.17) is 4.74 Å². The van der Waals surface area contributed by atoms with Crippen LogP contribution in [0.1, 0.15) is 46.6 Å². The van der Waals surface area contributed by atoms with Crippen molar-refractivity contribution in [2.24, 2.45) is 5.92 Å². The molecule has 0 aliphatic carbocycles. The molecule has 0 unspecified atom stereocenters. The van der Waals surface area contributed by atoms with Crippen molar-refractivity contribution >= 4 is 23.1 Å². The van der Waals surface area contributed by atoms with Gasteiger partial charge in [-0.05, 0) is 32.8 Å². The van der Waals surface area contributed by atoms with Gasteiger partial charge < -0.3 is 9.64 Å². The molecule has 4 nitrogen and oxygen atoms in total. The van der Waals surface area contributed by atoms with Gasteiger partial charge in [0.2, 0.25) is 0 Å². The fraction of sp³-hybridized carbons (Fsp3) is 0.474. The van der Waals surface area contributed by atoms with E-state index in [2.05, 4.69) is 0 Å². The van der Waals surface area contributed by atoms with Crippen molar-refractivity contribution in [1.82, 2.24) is 0 Å². The van der Waals surface area contributed by atoms with E-state index < -0.39 is 17.4 Å². The number of nitrogens with zero attached hydrogens (tertiary/aromatic N) is 1. The average molecular weight is 333 g/mol. The molecule has 24 heavy (non-hydrogen) atoms. The van der Waals surface area contributed by atoms with Crippen LogP contribution < -0.4 is 4.90 Å². The second kappa shape index (κ2) is 6.75. The molecule has 1 aromatic carbocycles. The van der Waals surface area contributed by atoms with Crippen LogP contribution in [0.4, 0.5) is 10.1 Å². The average Bonchev–Trinajstić information content (AvgIpc) is 2.72. The number of esters is 1. The van der Waals surface area contributed by atoms with Gasteiger partial charge in [0.1, 0.15) is 11.4 Å². The number of amides is 1. The van der Waals surface area contributed by atoms with Crippen molar-refractivity contribution in [2.75, 3.05) is 11.4 Å². The molecule has 1 aliphatic rings. The lowest BCUT2D eigenvalue weighted by molar-refractivity contribution is -0.148. The number of carbonyl (C=O) groups excluding carboxylic acids is 2. The number of benzene rings is 1. The van der Waals surface area contributed by atoms with Crippen molar-refractivity contribution in [3.8, 4) is 0 Å². The molecule has 130 valence electrons. The van der Waals surface area contributed by atoms with Crippen LogP contribution in [-0.2, 0) is 14.3 Å². The number of carbonyl (C=O) groups is 2. The van der Waals surface area contributed by atoms with E-state index >= 15 is 0 Å². The van der Waals surface area contributed by atoms with Gasteiger partial charge in [0.05, 0.1) is 11.3 Å². The van der Waals surface area contributed by atoms with Crippen molar-refractivity contribution in [3.63, 3.8) is 0 Å². The molecule has 0 spiro atoms. The molecule has 0 N–H and O–H groups in total. The molecule has 0 saturated heterocycles. The van der Waals surface area contributed by atoms with Crippen LogP contribution in [0, 0.1) is 11.7 Å². The van der Waals surface area contributed by atoms with Crippen LogP contribution in [-0.4, -0.2) is 24.0 Å². The van der Waals surface area contributed by atoms with Crippen LogP contribution in [0.15, 0.2) is 24.3 Å². The summed E-state index contributed by atoms with van der Waals surface area (Å²) >= 11 is 0. The Hall–Kier alpha value is -2.17. The van der Waals surface area contributed by atoms with Gasteiger partial charge in [-0.3, -0.25) is 4.79 Å². The molecule has 1 aliphatic heterocycles. The number of rotatable bonds is 4. The zero-order valence-electron chi connectivity index (χ0n) is 14.9. The first-order valence-electron chi connectivity index (χ1n) is 8.19. The molecule has 0 bridgehead atoms. The first-order chi connectivity index (χ1) is 11.1. The third-order valence-electron chi connectivity index (χ3n) is 3.88. The molecule has 1 aromatic rings. The Morgan fingerprint density at radius 1 is 1.38 bits per heavy atom. The van der Waals surface area contributed by atoms with Crippen molar-refractivity contribution in [3.05, 3.63) is 35.7 Å². The quantitative estimate of drug-likeness (QED) is 0.619. The van der Waals surface area contributed by atoms with Crippen LogP contribution in [0.2, 0.25) is 0 Å². The summed E-state index contributed by atoms with van der Waals surface area (Å²) < 4.78 is 19.6. The summed E-state index contributed by atoms with van der Waals surface area (Å²) in [6, 6.07) is 4.52. The van der Waals surface area contributed by atoms with Gasteiger partial charge >= 0.3 is 5.97 Å². The fourth-order valence-corrected chi connectivity index (χ4v) is 2.57. The molecule has 1 atom stereocenters. The van der Waals surface area contributed by atoms with E-state index in [1.165, 1.54) is 23.1 Å². The van der Waals surface area contributed by atoms with Crippen molar-refractivity contribution in [1.29, 1.82) is 0 Å². The topological polar surface area (TPSA) is 46.6 Å². The Labute approximate surface area is 142 Å². The largest absolute Gasteiger partial charge is 0.457 e. The van der Waals surface area contributed by atoms with Crippen LogP contribution in [0.5, 0.6) is 0 Å². The predicted octanol–water partition coefficient (Wildman–Crippen LogP) is 3.94. The summed E-state index contributed by atoms with van der Waals surface area (Å²) in [5, 5.41) is 0. The molecule has 2 rings (SSSR count). The third kappa shape index (κ3) is 3.83. The summed E-state index contributed by atoms with van der Waals surface area (Å²) in [4.78, 5) is 26.3. The van der Waals surface area contributed by atoms with Crippen LogP contribution in [0.25, 0.3) is 5.57 Å². The molecule has 0 radical (unpaired) electrons. The van der Waals surface area contributed by atoms with Gasteiger partial charge in [-0.1, -0.05) is 32.4 Å². The van der Waals surface area contributed by atoms with E-state index in [0.29, 0.717) is 12.1 Å². The lowest BCUT2D eigenvalue weighted by Gasteiger charge is -2.21. The first-order valence-corrected chi connectivity index (χ1v) is 8.19. The number of hydrogen-bond donors (Lipinski definition) is 0. The minimum atomic E-state index is -0.656. The maximum Gasteiger partial charge on any atom is 0.332 e. The van der Waals surface area contributed by atoms with Gasteiger partial charge in [0.15, 0.2) is 0 Å². The molecule has 0 saturated carbocycles. The first kappa shape index (κ1) is 18.2. The van der Waals surface area contributed by atoms with Crippen molar-refractivity contribution in [2.45, 2.75) is 46.6 Å². The number of hydrogen-bond acceptors (Lipinski definition) is 3. The second-order valence-electron chi connectivity index (χ2n) is 7.16. The third-order valence-corrected chi connectivity index (χ3v) is 3.88. The highest BCUT2D eigenvalue weighted by Crippen LogP contribution is 2.39. The second-order valence-corrected chi connectivity index (χ2v) is 7.16. The zero-order chi connectivity index (χ0) is 18.1. The normalized spacial score (nSPS) is 17.2. The molecule has 1 amide bonds. The van der Waals surface area contributed by atoms with Gasteiger partial charge in [0.25, 0.3) is 5.91 Å². The SMILES string of the molecule is CC[C@H](C)CN1C(=O)C(=CC(=O)OC(C)(C)C)c2cccc(F)c21. The predicted molar refractivity (Wildman–Crippen MR) is 92.0 cm³/mol. The van der Waals surface area contributed by atoms with Gasteiger partial charge in [-0.2, -0.15) is 0 Å². The van der Waals surface area contributed by atoms with E-state index in [9.17, 15) is 14.0 Å². The monoisotopic (exact) mass is 333 g/mol. The zero-order valence-corrected chi connectivity index (χ0v) is 14.9.